The molecule has 0 saturated heterocycles. The molecule has 1 fully saturated rings. The standard InChI is InChI=1S/C14H26N2O4/c1-13(2)5-9(6-14(3,4)8-13)15-12(20)16-10(7-17)11(18)19/h9-10,17H,5-8H2,1-4H3,(H,18,19)(H2,15,16,20)/t10-/m1/s1. The maximum absolute atomic E-state index is 11.8. The molecule has 0 aromatic carbocycles. The van der Waals surface area contributed by atoms with Gasteiger partial charge < -0.3 is 20.8 Å². The molecule has 1 saturated carbocycles. The summed E-state index contributed by atoms with van der Waals surface area (Å²) >= 11 is 0. The van der Waals surface area contributed by atoms with Gasteiger partial charge in [0, 0.05) is 6.04 Å². The maximum atomic E-state index is 11.8. The number of aliphatic hydroxyl groups is 1. The Bertz CT molecular complexity index is 363. The van der Waals surface area contributed by atoms with Crippen molar-refractivity contribution in [3.05, 3.63) is 0 Å². The fraction of sp³-hybridized carbons (Fsp3) is 0.857. The molecule has 0 unspecified atom stereocenters. The topological polar surface area (TPSA) is 98.7 Å². The lowest BCUT2D eigenvalue weighted by Crippen LogP contribution is -2.53. The predicted octanol–water partition coefficient (Wildman–Crippen LogP) is 1.34. The lowest BCUT2D eigenvalue weighted by atomic mass is 9.63. The molecule has 0 bridgehead atoms. The van der Waals surface area contributed by atoms with Crippen LogP contribution in [-0.2, 0) is 4.79 Å². The fourth-order valence-corrected chi connectivity index (χ4v) is 3.52. The van der Waals surface area contributed by atoms with Gasteiger partial charge in [-0.1, -0.05) is 27.7 Å². The van der Waals surface area contributed by atoms with Gasteiger partial charge in [-0.2, -0.15) is 0 Å². The van der Waals surface area contributed by atoms with Gasteiger partial charge >= 0.3 is 12.0 Å². The highest BCUT2D eigenvalue weighted by atomic mass is 16.4. The van der Waals surface area contributed by atoms with E-state index in [-0.39, 0.29) is 16.9 Å². The van der Waals surface area contributed by atoms with E-state index in [1.165, 1.54) is 0 Å². The quantitative estimate of drug-likeness (QED) is 0.626. The molecule has 0 spiro atoms. The molecule has 1 atom stereocenters. The van der Waals surface area contributed by atoms with Crippen molar-refractivity contribution in [3.63, 3.8) is 0 Å². The van der Waals surface area contributed by atoms with E-state index < -0.39 is 24.6 Å². The summed E-state index contributed by atoms with van der Waals surface area (Å²) in [6, 6.07) is -1.79. The van der Waals surface area contributed by atoms with Gasteiger partial charge in [-0.15, -0.1) is 0 Å². The van der Waals surface area contributed by atoms with E-state index >= 15 is 0 Å². The molecule has 1 aliphatic carbocycles. The number of rotatable bonds is 4. The Balaban J connectivity index is 2.59. The lowest BCUT2D eigenvalue weighted by Gasteiger charge is -2.45. The average Bonchev–Trinajstić information content (AvgIpc) is 2.20. The van der Waals surface area contributed by atoms with Crippen molar-refractivity contribution in [2.24, 2.45) is 10.8 Å². The molecule has 0 aromatic rings. The summed E-state index contributed by atoms with van der Waals surface area (Å²) in [6.07, 6.45) is 2.82. The van der Waals surface area contributed by atoms with E-state index in [2.05, 4.69) is 38.3 Å². The third-order valence-corrected chi connectivity index (χ3v) is 3.68. The van der Waals surface area contributed by atoms with Crippen molar-refractivity contribution in [1.82, 2.24) is 10.6 Å². The molecular weight excluding hydrogens is 260 g/mol. The molecule has 2 amide bonds. The summed E-state index contributed by atoms with van der Waals surface area (Å²) < 4.78 is 0. The van der Waals surface area contributed by atoms with Crippen molar-refractivity contribution in [2.45, 2.75) is 59.0 Å². The first kappa shape index (κ1) is 16.8. The van der Waals surface area contributed by atoms with Crippen LogP contribution < -0.4 is 10.6 Å². The average molecular weight is 286 g/mol. The number of hydrogen-bond acceptors (Lipinski definition) is 3. The summed E-state index contributed by atoms with van der Waals surface area (Å²) in [5.74, 6) is -1.24. The minimum absolute atomic E-state index is 0.0156. The number of carboxylic acids is 1. The van der Waals surface area contributed by atoms with Crippen molar-refractivity contribution in [3.8, 4) is 0 Å². The van der Waals surface area contributed by atoms with Crippen LogP contribution in [-0.4, -0.2) is 40.9 Å². The number of aliphatic hydroxyl groups excluding tert-OH is 1. The SMILES string of the molecule is CC1(C)CC(NC(=O)N[C@H](CO)C(=O)O)CC(C)(C)C1. The second kappa shape index (κ2) is 5.99. The van der Waals surface area contributed by atoms with E-state index in [0.29, 0.717) is 0 Å². The van der Waals surface area contributed by atoms with Gasteiger partial charge in [0.05, 0.1) is 6.61 Å². The first-order chi connectivity index (χ1) is 9.04. The number of hydrogen-bond donors (Lipinski definition) is 4. The number of carbonyl (C=O) groups is 2. The first-order valence-electron chi connectivity index (χ1n) is 6.95. The van der Waals surface area contributed by atoms with Gasteiger partial charge in [-0.3, -0.25) is 0 Å². The second-order valence-corrected chi connectivity index (χ2v) is 7.30. The summed E-state index contributed by atoms with van der Waals surface area (Å²) in [5.41, 5.74) is 0.283. The Morgan fingerprint density at radius 1 is 1.20 bits per heavy atom. The smallest absolute Gasteiger partial charge is 0.328 e. The van der Waals surface area contributed by atoms with Crippen LogP contribution in [0, 0.1) is 10.8 Å². The Hall–Kier alpha value is -1.30. The molecular formula is C14H26N2O4. The Morgan fingerprint density at radius 3 is 2.10 bits per heavy atom. The van der Waals surface area contributed by atoms with Crippen LogP contribution >= 0.6 is 0 Å². The second-order valence-electron chi connectivity index (χ2n) is 7.30. The molecule has 0 aliphatic heterocycles. The first-order valence-corrected chi connectivity index (χ1v) is 6.95. The molecule has 1 aliphatic rings. The van der Waals surface area contributed by atoms with Crippen LogP contribution in [0.25, 0.3) is 0 Å². The molecule has 20 heavy (non-hydrogen) atoms. The fourth-order valence-electron chi connectivity index (χ4n) is 3.52. The highest BCUT2D eigenvalue weighted by Crippen LogP contribution is 2.45. The Labute approximate surface area is 119 Å². The van der Waals surface area contributed by atoms with Gasteiger partial charge in [0.25, 0.3) is 0 Å². The lowest BCUT2D eigenvalue weighted by molar-refractivity contribution is -0.140. The van der Waals surface area contributed by atoms with Crippen LogP contribution in [0.4, 0.5) is 4.79 Å². The minimum Gasteiger partial charge on any atom is -0.480 e. The number of aliphatic carboxylic acids is 1. The predicted molar refractivity (Wildman–Crippen MR) is 75.4 cm³/mol. The number of nitrogens with one attached hydrogen (secondary N) is 2. The normalized spacial score (nSPS) is 22.9. The zero-order valence-electron chi connectivity index (χ0n) is 12.7. The van der Waals surface area contributed by atoms with Crippen LogP contribution in [0.1, 0.15) is 47.0 Å². The van der Waals surface area contributed by atoms with E-state index in [1.807, 2.05) is 0 Å². The summed E-state index contributed by atoms with van der Waals surface area (Å²) in [7, 11) is 0. The van der Waals surface area contributed by atoms with Crippen molar-refractivity contribution < 1.29 is 19.8 Å². The van der Waals surface area contributed by atoms with Crippen LogP contribution in [0.15, 0.2) is 0 Å². The highest BCUT2D eigenvalue weighted by Gasteiger charge is 2.39. The van der Waals surface area contributed by atoms with E-state index in [0.717, 1.165) is 19.3 Å². The Kier molecular flexibility index (Phi) is 5.02. The van der Waals surface area contributed by atoms with Crippen LogP contribution in [0.5, 0.6) is 0 Å². The highest BCUT2D eigenvalue weighted by molar-refractivity contribution is 5.82. The van der Waals surface area contributed by atoms with Crippen LogP contribution in [0.3, 0.4) is 0 Å². The Morgan fingerprint density at radius 2 is 1.70 bits per heavy atom. The zero-order valence-corrected chi connectivity index (χ0v) is 12.7. The largest absolute Gasteiger partial charge is 0.480 e. The molecule has 6 heteroatoms. The van der Waals surface area contributed by atoms with E-state index in [1.54, 1.807) is 0 Å². The van der Waals surface area contributed by atoms with Gasteiger partial charge in [-0.05, 0) is 30.1 Å². The van der Waals surface area contributed by atoms with Crippen molar-refractivity contribution >= 4 is 12.0 Å². The van der Waals surface area contributed by atoms with Gasteiger partial charge in [-0.25, -0.2) is 9.59 Å². The molecule has 6 nitrogen and oxygen atoms in total. The van der Waals surface area contributed by atoms with Gasteiger partial charge in [0.2, 0.25) is 0 Å². The van der Waals surface area contributed by atoms with E-state index in [9.17, 15) is 9.59 Å². The maximum Gasteiger partial charge on any atom is 0.328 e. The van der Waals surface area contributed by atoms with Gasteiger partial charge in [0.15, 0.2) is 6.04 Å². The summed E-state index contributed by atoms with van der Waals surface area (Å²) in [6.45, 7) is 8.08. The number of amides is 2. The molecule has 4 N–H and O–H groups in total. The molecule has 0 aromatic heterocycles. The molecule has 0 radical (unpaired) electrons. The summed E-state index contributed by atoms with van der Waals surface area (Å²) in [4.78, 5) is 22.6. The monoisotopic (exact) mass is 286 g/mol. The van der Waals surface area contributed by atoms with Crippen molar-refractivity contribution in [1.29, 1.82) is 0 Å². The van der Waals surface area contributed by atoms with Gasteiger partial charge in [0.1, 0.15) is 0 Å². The number of carbonyl (C=O) groups excluding carboxylic acids is 1. The third kappa shape index (κ3) is 5.00. The zero-order chi connectivity index (χ0) is 15.6. The molecule has 116 valence electrons. The van der Waals surface area contributed by atoms with Crippen LogP contribution in [0.2, 0.25) is 0 Å². The molecule has 0 heterocycles. The third-order valence-electron chi connectivity index (χ3n) is 3.68. The minimum atomic E-state index is -1.26. The number of carboxylic acid groups (broad SMARTS) is 1. The summed E-state index contributed by atoms with van der Waals surface area (Å²) in [5, 5.41) is 22.8. The number of urea groups is 1. The van der Waals surface area contributed by atoms with Crippen molar-refractivity contribution in [2.75, 3.05) is 6.61 Å². The van der Waals surface area contributed by atoms with E-state index in [4.69, 9.17) is 10.2 Å². The molecule has 1 rings (SSSR count).